The Balaban J connectivity index is 1.27. The summed E-state index contributed by atoms with van der Waals surface area (Å²) in [4.78, 5) is 14.9. The molecule has 3 aromatic carbocycles. The lowest BCUT2D eigenvalue weighted by Crippen LogP contribution is -2.44. The van der Waals surface area contributed by atoms with Crippen molar-refractivity contribution >= 4 is 16.7 Å². The number of carbonyl (C=O) groups excluding carboxylic acids is 1. The molecule has 5 heteroatoms. The van der Waals surface area contributed by atoms with Gasteiger partial charge in [0.25, 0.3) is 0 Å². The van der Waals surface area contributed by atoms with Crippen LogP contribution in [0.3, 0.4) is 0 Å². The number of benzene rings is 3. The molecule has 1 unspecified atom stereocenters. The zero-order valence-corrected chi connectivity index (χ0v) is 18.9. The minimum absolute atomic E-state index is 0.0375. The number of amides is 1. The maximum absolute atomic E-state index is 12.7. The summed E-state index contributed by atoms with van der Waals surface area (Å²) >= 11 is 0. The molecule has 1 heterocycles. The van der Waals surface area contributed by atoms with Gasteiger partial charge in [-0.2, -0.15) is 0 Å². The first-order chi connectivity index (χ1) is 15.6. The Morgan fingerprint density at radius 2 is 1.69 bits per heavy atom. The number of hydrogen-bond donors (Lipinski definition) is 1. The maximum Gasteiger partial charge on any atom is 0.234 e. The fraction of sp³-hybridized carbons (Fsp3) is 0.370. The van der Waals surface area contributed by atoms with Crippen LogP contribution in [0.4, 0.5) is 0 Å². The average Bonchev–Trinajstić information content (AvgIpc) is 2.81. The Kier molecular flexibility index (Phi) is 7.28. The number of piperidine rings is 1. The second kappa shape index (κ2) is 10.5. The third kappa shape index (κ3) is 5.40. The fourth-order valence-electron chi connectivity index (χ4n) is 4.38. The number of fused-ring (bicyclic) bond motifs is 1. The van der Waals surface area contributed by atoms with Crippen molar-refractivity contribution in [2.45, 2.75) is 38.8 Å². The number of likely N-dealkylation sites (tertiary alicyclic amines) is 1. The lowest BCUT2D eigenvalue weighted by molar-refractivity contribution is -0.123. The van der Waals surface area contributed by atoms with Crippen molar-refractivity contribution in [3.8, 4) is 11.5 Å². The van der Waals surface area contributed by atoms with E-state index < -0.39 is 0 Å². The van der Waals surface area contributed by atoms with E-state index in [4.69, 9.17) is 9.47 Å². The maximum atomic E-state index is 12.7. The Hall–Kier alpha value is -3.05. The van der Waals surface area contributed by atoms with Crippen molar-refractivity contribution in [1.29, 1.82) is 0 Å². The number of carbonyl (C=O) groups is 1. The highest BCUT2D eigenvalue weighted by molar-refractivity contribution is 5.87. The molecule has 0 aliphatic carbocycles. The van der Waals surface area contributed by atoms with Crippen LogP contribution in [0, 0.1) is 0 Å². The summed E-state index contributed by atoms with van der Waals surface area (Å²) in [5.41, 5.74) is 1.15. The molecule has 0 aromatic heterocycles. The second-order valence-corrected chi connectivity index (χ2v) is 8.33. The van der Waals surface area contributed by atoms with Crippen molar-refractivity contribution in [3.05, 3.63) is 72.3 Å². The lowest BCUT2D eigenvalue weighted by Gasteiger charge is -2.32. The molecule has 1 fully saturated rings. The normalized spacial score (nSPS) is 15.9. The lowest BCUT2D eigenvalue weighted by atomic mass is 9.99. The first kappa shape index (κ1) is 22.2. The van der Waals surface area contributed by atoms with E-state index in [1.54, 1.807) is 0 Å². The first-order valence-corrected chi connectivity index (χ1v) is 11.5. The van der Waals surface area contributed by atoms with E-state index >= 15 is 0 Å². The van der Waals surface area contributed by atoms with E-state index in [1.165, 1.54) is 10.8 Å². The van der Waals surface area contributed by atoms with Crippen LogP contribution in [0.15, 0.2) is 66.7 Å². The van der Waals surface area contributed by atoms with E-state index in [2.05, 4.69) is 47.5 Å². The molecule has 1 N–H and O–H groups in total. The Bertz CT molecular complexity index is 1040. The fourth-order valence-corrected chi connectivity index (χ4v) is 4.38. The van der Waals surface area contributed by atoms with E-state index in [0.29, 0.717) is 13.2 Å². The minimum Gasteiger partial charge on any atom is -0.490 e. The van der Waals surface area contributed by atoms with Gasteiger partial charge < -0.3 is 14.8 Å². The zero-order valence-electron chi connectivity index (χ0n) is 18.9. The van der Waals surface area contributed by atoms with Gasteiger partial charge in [-0.15, -0.1) is 0 Å². The minimum atomic E-state index is -0.0375. The SMILES string of the molecule is CCOc1ccccc1OC1CCN(CC(=O)NC(C)c2cccc3ccccc23)CC1. The first-order valence-electron chi connectivity index (χ1n) is 11.5. The van der Waals surface area contributed by atoms with Crippen molar-refractivity contribution in [2.24, 2.45) is 0 Å². The molecule has 0 bridgehead atoms. The van der Waals surface area contributed by atoms with E-state index in [9.17, 15) is 4.79 Å². The van der Waals surface area contributed by atoms with Crippen LogP contribution < -0.4 is 14.8 Å². The third-order valence-electron chi connectivity index (χ3n) is 6.01. The molecule has 1 saturated heterocycles. The van der Waals surface area contributed by atoms with Crippen LogP contribution in [0.5, 0.6) is 11.5 Å². The van der Waals surface area contributed by atoms with Gasteiger partial charge in [-0.05, 0) is 55.2 Å². The zero-order chi connectivity index (χ0) is 22.3. The molecule has 5 nitrogen and oxygen atoms in total. The highest BCUT2D eigenvalue weighted by atomic mass is 16.5. The van der Waals surface area contributed by atoms with Gasteiger partial charge in [0, 0.05) is 13.1 Å². The summed E-state index contributed by atoms with van der Waals surface area (Å²) in [5.74, 6) is 1.65. The predicted octanol–water partition coefficient (Wildman–Crippen LogP) is 4.96. The summed E-state index contributed by atoms with van der Waals surface area (Å²) in [6, 6.07) is 22.3. The van der Waals surface area contributed by atoms with Crippen LogP contribution in [0.2, 0.25) is 0 Å². The van der Waals surface area contributed by atoms with Crippen molar-refractivity contribution < 1.29 is 14.3 Å². The molecule has 1 atom stereocenters. The highest BCUT2D eigenvalue weighted by Crippen LogP contribution is 2.29. The van der Waals surface area contributed by atoms with Crippen LogP contribution in [-0.4, -0.2) is 43.2 Å². The number of ether oxygens (including phenoxy) is 2. The van der Waals surface area contributed by atoms with Crippen molar-refractivity contribution in [2.75, 3.05) is 26.2 Å². The molecule has 168 valence electrons. The van der Waals surface area contributed by atoms with E-state index in [-0.39, 0.29) is 18.1 Å². The highest BCUT2D eigenvalue weighted by Gasteiger charge is 2.23. The van der Waals surface area contributed by atoms with Crippen molar-refractivity contribution in [1.82, 2.24) is 10.2 Å². The number of nitrogens with one attached hydrogen (secondary N) is 1. The molecular formula is C27H32N2O3. The van der Waals surface area contributed by atoms with Gasteiger partial charge in [-0.3, -0.25) is 9.69 Å². The number of rotatable bonds is 8. The standard InChI is InChI=1S/C27H32N2O3/c1-3-31-25-13-6-7-14-26(25)32-22-15-17-29(18-16-22)19-27(30)28-20(2)23-12-8-10-21-9-4-5-11-24(21)23/h4-14,20,22H,3,15-19H2,1-2H3,(H,28,30). The summed E-state index contributed by atoms with van der Waals surface area (Å²) in [5, 5.41) is 5.56. The number of hydrogen-bond acceptors (Lipinski definition) is 4. The summed E-state index contributed by atoms with van der Waals surface area (Å²) in [6.45, 7) is 6.74. The van der Waals surface area contributed by atoms with Gasteiger partial charge >= 0.3 is 0 Å². The molecule has 1 amide bonds. The second-order valence-electron chi connectivity index (χ2n) is 8.33. The smallest absolute Gasteiger partial charge is 0.234 e. The Labute approximate surface area is 190 Å². The molecule has 1 aliphatic rings. The number of nitrogens with zero attached hydrogens (tertiary/aromatic N) is 1. The summed E-state index contributed by atoms with van der Waals surface area (Å²) < 4.78 is 11.9. The van der Waals surface area contributed by atoms with E-state index in [0.717, 1.165) is 43.0 Å². The third-order valence-corrected chi connectivity index (χ3v) is 6.01. The quantitative estimate of drug-likeness (QED) is 0.547. The molecule has 0 saturated carbocycles. The average molecular weight is 433 g/mol. The number of para-hydroxylation sites is 2. The molecule has 32 heavy (non-hydrogen) atoms. The molecule has 1 aliphatic heterocycles. The Morgan fingerprint density at radius 1 is 1.00 bits per heavy atom. The molecule has 0 radical (unpaired) electrons. The monoisotopic (exact) mass is 432 g/mol. The van der Waals surface area contributed by atoms with Crippen LogP contribution in [-0.2, 0) is 4.79 Å². The van der Waals surface area contributed by atoms with Crippen LogP contribution in [0.1, 0.15) is 38.3 Å². The molecule has 3 aromatic rings. The van der Waals surface area contributed by atoms with Gasteiger partial charge in [0.05, 0.1) is 19.2 Å². The molecule has 4 rings (SSSR count). The van der Waals surface area contributed by atoms with Gasteiger partial charge in [0.2, 0.25) is 5.91 Å². The summed E-state index contributed by atoms with van der Waals surface area (Å²) in [7, 11) is 0. The Morgan fingerprint density at radius 3 is 2.47 bits per heavy atom. The van der Waals surface area contributed by atoms with Crippen molar-refractivity contribution in [3.63, 3.8) is 0 Å². The van der Waals surface area contributed by atoms with Crippen LogP contribution in [0.25, 0.3) is 10.8 Å². The van der Waals surface area contributed by atoms with Gasteiger partial charge in [0.15, 0.2) is 11.5 Å². The topological polar surface area (TPSA) is 50.8 Å². The van der Waals surface area contributed by atoms with Gasteiger partial charge in [-0.1, -0.05) is 54.6 Å². The predicted molar refractivity (Wildman–Crippen MR) is 128 cm³/mol. The van der Waals surface area contributed by atoms with Gasteiger partial charge in [0.1, 0.15) is 6.10 Å². The summed E-state index contributed by atoms with van der Waals surface area (Å²) in [6.07, 6.45) is 1.93. The van der Waals surface area contributed by atoms with Crippen LogP contribution >= 0.6 is 0 Å². The molecular weight excluding hydrogens is 400 g/mol. The van der Waals surface area contributed by atoms with Gasteiger partial charge in [-0.25, -0.2) is 0 Å². The van der Waals surface area contributed by atoms with E-state index in [1.807, 2.05) is 43.3 Å². The molecule has 0 spiro atoms. The largest absolute Gasteiger partial charge is 0.490 e.